The number of benzene rings is 1. The standard InChI is InChI=1S/C34H34F3N5O/c1-22-6-5-14-42(15-12-22)32-10-9-25(16-26(32)20-38)27-19-33(43)41(2)21-28(27)31-18-24(11-13-40-31)23-7-3-4-8-30(39)29(17-23)34(35,36)37/h3,7,9-11,13,16-19,21-22,29,39H,4-6,8,12,14-15H2,1-2H3. The van der Waals surface area contributed by atoms with Crippen LogP contribution in [-0.2, 0) is 7.05 Å². The summed E-state index contributed by atoms with van der Waals surface area (Å²) in [7, 11) is 1.63. The van der Waals surface area contributed by atoms with Crippen molar-refractivity contribution in [1.29, 1.82) is 10.7 Å². The Hall–Kier alpha value is -4.45. The number of aryl methyl sites for hydroxylation is 1. The lowest BCUT2D eigenvalue weighted by molar-refractivity contribution is -0.144. The van der Waals surface area contributed by atoms with E-state index in [4.69, 9.17) is 5.41 Å². The number of nitrogens with zero attached hydrogens (tertiary/aromatic N) is 4. The summed E-state index contributed by atoms with van der Waals surface area (Å²) in [6, 6.07) is 12.8. The number of aromatic nitrogens is 2. The van der Waals surface area contributed by atoms with Crippen molar-refractivity contribution in [3.63, 3.8) is 0 Å². The van der Waals surface area contributed by atoms with E-state index in [0.29, 0.717) is 51.4 Å². The van der Waals surface area contributed by atoms with Gasteiger partial charge in [0.05, 0.1) is 16.9 Å². The predicted molar refractivity (Wildman–Crippen MR) is 164 cm³/mol. The highest BCUT2D eigenvalue weighted by atomic mass is 19.4. The number of allylic oxidation sites excluding steroid dienone is 4. The van der Waals surface area contributed by atoms with E-state index in [1.54, 1.807) is 43.6 Å². The minimum Gasteiger partial charge on any atom is -0.370 e. The molecule has 1 aliphatic heterocycles. The summed E-state index contributed by atoms with van der Waals surface area (Å²) < 4.78 is 42.9. The van der Waals surface area contributed by atoms with E-state index in [1.165, 1.54) is 16.8 Å². The van der Waals surface area contributed by atoms with Gasteiger partial charge in [-0.3, -0.25) is 9.78 Å². The van der Waals surface area contributed by atoms with E-state index in [2.05, 4.69) is 22.9 Å². The van der Waals surface area contributed by atoms with Crippen LogP contribution in [0.1, 0.15) is 50.2 Å². The van der Waals surface area contributed by atoms with Gasteiger partial charge in [-0.05, 0) is 84.6 Å². The van der Waals surface area contributed by atoms with E-state index < -0.39 is 12.1 Å². The second kappa shape index (κ2) is 12.4. The Kier molecular flexibility index (Phi) is 8.67. The second-order valence-corrected chi connectivity index (χ2v) is 11.5. The molecule has 0 spiro atoms. The molecular formula is C34H34F3N5O. The Labute approximate surface area is 249 Å². The molecule has 1 N–H and O–H groups in total. The number of hydrogen-bond donors (Lipinski definition) is 1. The third kappa shape index (κ3) is 6.64. The number of nitriles is 1. The van der Waals surface area contributed by atoms with Gasteiger partial charge < -0.3 is 14.9 Å². The zero-order chi connectivity index (χ0) is 30.7. The molecule has 2 aromatic heterocycles. The Bertz CT molecular complexity index is 1700. The molecule has 0 saturated carbocycles. The molecule has 2 unspecified atom stereocenters. The van der Waals surface area contributed by atoms with Gasteiger partial charge in [-0.1, -0.05) is 31.2 Å². The molecule has 1 aromatic carbocycles. The number of halogens is 3. The molecule has 9 heteroatoms. The van der Waals surface area contributed by atoms with Crippen LogP contribution < -0.4 is 10.5 Å². The summed E-state index contributed by atoms with van der Waals surface area (Å²) in [5, 5.41) is 18.1. The molecule has 0 amide bonds. The number of hydrogen-bond acceptors (Lipinski definition) is 5. The maximum Gasteiger partial charge on any atom is 0.400 e. The first-order valence-electron chi connectivity index (χ1n) is 14.5. The topological polar surface area (TPSA) is 85.8 Å². The fourth-order valence-corrected chi connectivity index (χ4v) is 5.83. The summed E-state index contributed by atoms with van der Waals surface area (Å²) in [6.45, 7) is 4.01. The smallest absolute Gasteiger partial charge is 0.370 e. The molecule has 2 aliphatic rings. The fourth-order valence-electron chi connectivity index (χ4n) is 5.83. The van der Waals surface area contributed by atoms with Gasteiger partial charge in [0.15, 0.2) is 0 Å². The summed E-state index contributed by atoms with van der Waals surface area (Å²) in [5.74, 6) is -1.33. The van der Waals surface area contributed by atoms with Crippen LogP contribution in [0.3, 0.4) is 0 Å². The molecule has 1 saturated heterocycles. The maximum atomic E-state index is 13.8. The lowest BCUT2D eigenvalue weighted by Gasteiger charge is -2.24. The van der Waals surface area contributed by atoms with Gasteiger partial charge in [-0.2, -0.15) is 18.4 Å². The highest BCUT2D eigenvalue weighted by Gasteiger charge is 2.41. The quantitative estimate of drug-likeness (QED) is 0.343. The van der Waals surface area contributed by atoms with Crippen LogP contribution in [0, 0.1) is 28.6 Å². The van der Waals surface area contributed by atoms with Crippen LogP contribution in [-0.4, -0.2) is 34.5 Å². The van der Waals surface area contributed by atoms with Gasteiger partial charge in [-0.25, -0.2) is 0 Å². The molecule has 3 aromatic rings. The first-order chi connectivity index (χ1) is 20.5. The molecule has 6 nitrogen and oxygen atoms in total. The van der Waals surface area contributed by atoms with Crippen molar-refractivity contribution >= 4 is 17.0 Å². The molecule has 2 atom stereocenters. The Morgan fingerprint density at radius 2 is 1.88 bits per heavy atom. The van der Waals surface area contributed by atoms with Crippen molar-refractivity contribution in [2.24, 2.45) is 18.9 Å². The molecular weight excluding hydrogens is 551 g/mol. The largest absolute Gasteiger partial charge is 0.400 e. The van der Waals surface area contributed by atoms with Crippen molar-refractivity contribution in [2.75, 3.05) is 18.0 Å². The highest BCUT2D eigenvalue weighted by molar-refractivity contribution is 5.90. The van der Waals surface area contributed by atoms with Crippen molar-refractivity contribution in [3.05, 3.63) is 88.5 Å². The predicted octanol–water partition coefficient (Wildman–Crippen LogP) is 7.54. The van der Waals surface area contributed by atoms with E-state index in [0.717, 1.165) is 44.1 Å². The van der Waals surface area contributed by atoms with Gasteiger partial charge in [0, 0.05) is 49.9 Å². The second-order valence-electron chi connectivity index (χ2n) is 11.5. The lowest BCUT2D eigenvalue weighted by atomic mass is 9.90. The number of nitrogens with one attached hydrogen (secondary N) is 1. The van der Waals surface area contributed by atoms with Crippen molar-refractivity contribution in [3.8, 4) is 28.5 Å². The molecule has 1 aliphatic carbocycles. The first-order valence-corrected chi connectivity index (χ1v) is 14.5. The number of anilines is 1. The summed E-state index contributed by atoms with van der Waals surface area (Å²) >= 11 is 0. The normalized spacial score (nSPS) is 19.7. The Morgan fingerprint density at radius 1 is 1.07 bits per heavy atom. The van der Waals surface area contributed by atoms with Gasteiger partial charge in [0.1, 0.15) is 12.0 Å². The highest BCUT2D eigenvalue weighted by Crippen LogP contribution is 2.37. The van der Waals surface area contributed by atoms with Gasteiger partial charge >= 0.3 is 6.18 Å². The summed E-state index contributed by atoms with van der Waals surface area (Å²) in [4.78, 5) is 19.6. The molecule has 0 bridgehead atoms. The fraction of sp³-hybridized carbons (Fsp3) is 0.353. The summed E-state index contributed by atoms with van der Waals surface area (Å²) in [6.07, 6.45) is 6.84. The Balaban J connectivity index is 1.59. The molecule has 0 radical (unpaired) electrons. The van der Waals surface area contributed by atoms with Crippen LogP contribution in [0.2, 0.25) is 0 Å². The van der Waals surface area contributed by atoms with E-state index in [9.17, 15) is 23.2 Å². The SMILES string of the molecule is CC1CCCN(c2ccc(-c3cc(=O)n(C)cc3-c3cc(C4=CC(C(F)(F)F)C(=N)CCC=C4)ccn3)cc2C#N)CC1. The van der Waals surface area contributed by atoms with Gasteiger partial charge in [-0.15, -0.1) is 0 Å². The first kappa shape index (κ1) is 30.0. The molecule has 5 rings (SSSR count). The average Bonchev–Trinajstić information content (AvgIpc) is 3.19. The molecule has 43 heavy (non-hydrogen) atoms. The third-order valence-electron chi connectivity index (χ3n) is 8.34. The molecule has 1 fully saturated rings. The van der Waals surface area contributed by atoms with Crippen LogP contribution in [0.4, 0.5) is 18.9 Å². The van der Waals surface area contributed by atoms with Gasteiger partial charge in [0.2, 0.25) is 0 Å². The van der Waals surface area contributed by atoms with E-state index in [-0.39, 0.29) is 17.7 Å². The van der Waals surface area contributed by atoms with Crippen LogP contribution in [0.15, 0.2) is 71.8 Å². The van der Waals surface area contributed by atoms with Crippen molar-refractivity contribution in [1.82, 2.24) is 9.55 Å². The maximum absolute atomic E-state index is 13.8. The van der Waals surface area contributed by atoms with Crippen LogP contribution in [0.5, 0.6) is 0 Å². The molecule has 222 valence electrons. The average molecular weight is 586 g/mol. The van der Waals surface area contributed by atoms with Crippen molar-refractivity contribution < 1.29 is 13.2 Å². The van der Waals surface area contributed by atoms with Gasteiger partial charge in [0.25, 0.3) is 5.56 Å². The monoisotopic (exact) mass is 585 g/mol. The minimum absolute atomic E-state index is 0.0494. The number of alkyl halides is 3. The van der Waals surface area contributed by atoms with Crippen LogP contribution >= 0.6 is 0 Å². The Morgan fingerprint density at radius 3 is 2.65 bits per heavy atom. The zero-order valence-corrected chi connectivity index (χ0v) is 24.3. The van der Waals surface area contributed by atoms with E-state index >= 15 is 0 Å². The van der Waals surface area contributed by atoms with E-state index in [1.807, 2.05) is 12.1 Å². The zero-order valence-electron chi connectivity index (χ0n) is 24.3. The number of rotatable bonds is 4. The van der Waals surface area contributed by atoms with Crippen LogP contribution in [0.25, 0.3) is 28.0 Å². The third-order valence-corrected chi connectivity index (χ3v) is 8.34. The minimum atomic E-state index is -4.57. The van der Waals surface area contributed by atoms with Crippen molar-refractivity contribution in [2.45, 2.75) is 45.2 Å². The summed E-state index contributed by atoms with van der Waals surface area (Å²) in [5.41, 5.74) is 4.01. The lowest BCUT2D eigenvalue weighted by Crippen LogP contribution is -2.29. The number of pyridine rings is 2. The molecule has 3 heterocycles.